The zero-order valence-corrected chi connectivity index (χ0v) is 14.3. The first kappa shape index (κ1) is 18.3. The Morgan fingerprint density at radius 3 is 2.20 bits per heavy atom. The number of hydrogen-bond donors (Lipinski definition) is 2. The van der Waals surface area contributed by atoms with Gasteiger partial charge in [-0.2, -0.15) is 0 Å². The normalized spacial score (nSPS) is 9.88. The van der Waals surface area contributed by atoms with Gasteiger partial charge in [-0.3, -0.25) is 0 Å². The van der Waals surface area contributed by atoms with Crippen LogP contribution >= 0.6 is 12.2 Å². The largest absolute Gasteiger partial charge is 0.465 e. The number of methoxy groups -OCH3 is 2. The molecule has 0 radical (unpaired) electrons. The number of ether oxygens (including phenoxy) is 2. The molecule has 0 heterocycles. The fourth-order valence-electron chi connectivity index (χ4n) is 2.00. The molecule has 0 aliphatic carbocycles. The summed E-state index contributed by atoms with van der Waals surface area (Å²) >= 11 is 5.19. The molecule has 0 saturated heterocycles. The van der Waals surface area contributed by atoms with Crippen molar-refractivity contribution in [2.24, 2.45) is 0 Å². The Hall–Kier alpha value is -3.00. The monoisotopic (exact) mass is 362 g/mol. The van der Waals surface area contributed by atoms with E-state index >= 15 is 0 Å². The first-order valence-electron chi connectivity index (χ1n) is 7.09. The molecule has 8 heteroatoms. The van der Waals surface area contributed by atoms with E-state index in [1.54, 1.807) is 0 Å². The van der Waals surface area contributed by atoms with Gasteiger partial charge in [-0.1, -0.05) is 0 Å². The minimum absolute atomic E-state index is 0.152. The van der Waals surface area contributed by atoms with Gasteiger partial charge in [0.1, 0.15) is 5.82 Å². The predicted molar refractivity (Wildman–Crippen MR) is 95.4 cm³/mol. The summed E-state index contributed by atoms with van der Waals surface area (Å²) in [7, 11) is 2.50. The van der Waals surface area contributed by atoms with E-state index in [1.807, 2.05) is 0 Å². The van der Waals surface area contributed by atoms with Crippen LogP contribution in [-0.4, -0.2) is 31.3 Å². The molecule has 25 heavy (non-hydrogen) atoms. The van der Waals surface area contributed by atoms with Crippen LogP contribution in [0.15, 0.2) is 42.5 Å². The molecule has 0 fully saturated rings. The van der Waals surface area contributed by atoms with Crippen LogP contribution in [0.1, 0.15) is 20.7 Å². The van der Waals surface area contributed by atoms with Crippen molar-refractivity contribution < 1.29 is 23.5 Å². The molecule has 0 unspecified atom stereocenters. The van der Waals surface area contributed by atoms with Crippen molar-refractivity contribution in [2.45, 2.75) is 0 Å². The molecule has 0 bridgehead atoms. The molecule has 2 aromatic carbocycles. The van der Waals surface area contributed by atoms with E-state index in [4.69, 9.17) is 17.0 Å². The van der Waals surface area contributed by atoms with Gasteiger partial charge in [0.15, 0.2) is 5.11 Å². The molecule has 0 aromatic heterocycles. The summed E-state index contributed by atoms with van der Waals surface area (Å²) in [6, 6.07) is 9.88. The van der Waals surface area contributed by atoms with Gasteiger partial charge in [0.25, 0.3) is 0 Å². The van der Waals surface area contributed by atoms with E-state index in [2.05, 4.69) is 15.4 Å². The molecule has 2 N–H and O–H groups in total. The fourth-order valence-corrected chi connectivity index (χ4v) is 2.23. The van der Waals surface area contributed by atoms with Crippen molar-refractivity contribution >= 4 is 40.6 Å². The maximum absolute atomic E-state index is 12.9. The van der Waals surface area contributed by atoms with E-state index in [-0.39, 0.29) is 27.7 Å². The second kappa shape index (κ2) is 8.20. The van der Waals surface area contributed by atoms with Crippen LogP contribution in [0, 0.1) is 5.82 Å². The molecule has 2 aromatic rings. The van der Waals surface area contributed by atoms with E-state index in [1.165, 1.54) is 56.7 Å². The third-order valence-corrected chi connectivity index (χ3v) is 3.40. The van der Waals surface area contributed by atoms with Crippen LogP contribution in [0.2, 0.25) is 0 Å². The summed E-state index contributed by atoms with van der Waals surface area (Å²) in [6.45, 7) is 0. The van der Waals surface area contributed by atoms with Gasteiger partial charge in [-0.05, 0) is 54.7 Å². The molecular formula is C17H15FN2O4S. The molecule has 0 aliphatic heterocycles. The number of carbonyl (C=O) groups is 2. The number of carbonyl (C=O) groups excluding carboxylic acids is 2. The lowest BCUT2D eigenvalue weighted by molar-refractivity contribution is 0.0587. The summed E-state index contributed by atoms with van der Waals surface area (Å²) in [4.78, 5) is 23.6. The SMILES string of the molecule is COC(=O)c1ccc(C(=O)OC)c(NC(=S)Nc2ccc(F)cc2)c1. The highest BCUT2D eigenvalue weighted by molar-refractivity contribution is 7.80. The Labute approximate surface area is 148 Å². The number of halogens is 1. The lowest BCUT2D eigenvalue weighted by atomic mass is 10.1. The fraction of sp³-hybridized carbons (Fsp3) is 0.118. The Morgan fingerprint density at radius 1 is 0.960 bits per heavy atom. The van der Waals surface area contributed by atoms with Crippen LogP contribution in [0.3, 0.4) is 0 Å². The molecule has 0 saturated carbocycles. The average Bonchev–Trinajstić information content (AvgIpc) is 2.62. The Balaban J connectivity index is 2.25. The maximum Gasteiger partial charge on any atom is 0.339 e. The number of rotatable bonds is 4. The molecule has 0 atom stereocenters. The summed E-state index contributed by atoms with van der Waals surface area (Å²) in [6.07, 6.45) is 0. The average molecular weight is 362 g/mol. The molecule has 0 aliphatic rings. The van der Waals surface area contributed by atoms with Gasteiger partial charge < -0.3 is 20.1 Å². The van der Waals surface area contributed by atoms with Crippen molar-refractivity contribution in [1.82, 2.24) is 0 Å². The summed E-state index contributed by atoms with van der Waals surface area (Å²) in [5.41, 5.74) is 1.26. The first-order valence-corrected chi connectivity index (χ1v) is 7.49. The van der Waals surface area contributed by atoms with Crippen molar-refractivity contribution in [3.63, 3.8) is 0 Å². The van der Waals surface area contributed by atoms with Gasteiger partial charge in [-0.15, -0.1) is 0 Å². The quantitative estimate of drug-likeness (QED) is 0.639. The van der Waals surface area contributed by atoms with Gasteiger partial charge in [0, 0.05) is 5.69 Å². The van der Waals surface area contributed by atoms with Gasteiger partial charge in [0.05, 0.1) is 31.0 Å². The Morgan fingerprint density at radius 2 is 1.60 bits per heavy atom. The number of anilines is 2. The van der Waals surface area contributed by atoms with Crippen LogP contribution in [0.4, 0.5) is 15.8 Å². The highest BCUT2D eigenvalue weighted by atomic mass is 32.1. The van der Waals surface area contributed by atoms with Crippen LogP contribution in [-0.2, 0) is 9.47 Å². The van der Waals surface area contributed by atoms with Crippen LogP contribution in [0.5, 0.6) is 0 Å². The zero-order valence-electron chi connectivity index (χ0n) is 13.5. The first-order chi connectivity index (χ1) is 11.9. The lowest BCUT2D eigenvalue weighted by Gasteiger charge is -2.14. The predicted octanol–water partition coefficient (Wildman–Crippen LogP) is 3.21. The molecule has 2 rings (SSSR count). The number of hydrogen-bond acceptors (Lipinski definition) is 5. The van der Waals surface area contributed by atoms with Gasteiger partial charge in [0.2, 0.25) is 0 Å². The maximum atomic E-state index is 12.9. The van der Waals surface area contributed by atoms with E-state index < -0.39 is 11.9 Å². The number of benzene rings is 2. The van der Waals surface area contributed by atoms with Gasteiger partial charge >= 0.3 is 11.9 Å². The molecular weight excluding hydrogens is 347 g/mol. The van der Waals surface area contributed by atoms with Gasteiger partial charge in [-0.25, -0.2) is 14.0 Å². The van der Waals surface area contributed by atoms with Crippen LogP contribution in [0.25, 0.3) is 0 Å². The standard InChI is InChI=1S/C17H15FN2O4S/c1-23-15(21)10-3-8-13(16(22)24-2)14(9-10)20-17(25)19-12-6-4-11(18)5-7-12/h3-9H,1-2H3,(H2,19,20,25). The lowest BCUT2D eigenvalue weighted by Crippen LogP contribution is -2.21. The summed E-state index contributed by atoms with van der Waals surface area (Å²) < 4.78 is 22.3. The molecule has 0 amide bonds. The number of thiocarbonyl (C=S) groups is 1. The molecule has 0 spiro atoms. The Bertz CT molecular complexity index is 809. The third kappa shape index (κ3) is 4.74. The Kier molecular flexibility index (Phi) is 6.02. The minimum Gasteiger partial charge on any atom is -0.465 e. The molecule has 130 valence electrons. The number of esters is 2. The second-order valence-corrected chi connectivity index (χ2v) is 5.24. The van der Waals surface area contributed by atoms with E-state index in [0.717, 1.165) is 0 Å². The topological polar surface area (TPSA) is 76.7 Å². The van der Waals surface area contributed by atoms with Crippen molar-refractivity contribution in [3.8, 4) is 0 Å². The van der Waals surface area contributed by atoms with Crippen molar-refractivity contribution in [2.75, 3.05) is 24.9 Å². The van der Waals surface area contributed by atoms with E-state index in [9.17, 15) is 14.0 Å². The second-order valence-electron chi connectivity index (χ2n) is 4.83. The van der Waals surface area contributed by atoms with Crippen LogP contribution < -0.4 is 10.6 Å². The molecule has 6 nitrogen and oxygen atoms in total. The smallest absolute Gasteiger partial charge is 0.339 e. The summed E-state index contributed by atoms with van der Waals surface area (Å²) in [5, 5.41) is 5.83. The zero-order chi connectivity index (χ0) is 18.4. The third-order valence-electron chi connectivity index (χ3n) is 3.20. The van der Waals surface area contributed by atoms with E-state index in [0.29, 0.717) is 5.69 Å². The highest BCUT2D eigenvalue weighted by Gasteiger charge is 2.16. The number of nitrogens with one attached hydrogen (secondary N) is 2. The van der Waals surface area contributed by atoms with Crippen molar-refractivity contribution in [3.05, 3.63) is 59.4 Å². The van der Waals surface area contributed by atoms with Crippen molar-refractivity contribution in [1.29, 1.82) is 0 Å². The highest BCUT2D eigenvalue weighted by Crippen LogP contribution is 2.20. The minimum atomic E-state index is -0.594. The summed E-state index contributed by atoms with van der Waals surface area (Å²) in [5.74, 6) is -1.52.